The Labute approximate surface area is 161 Å². The van der Waals surface area contributed by atoms with Crippen molar-refractivity contribution in [2.75, 3.05) is 17.7 Å². The number of rotatable bonds is 8. The average Bonchev–Trinajstić information content (AvgIpc) is 3.09. The van der Waals surface area contributed by atoms with E-state index in [1.807, 2.05) is 62.4 Å². The van der Waals surface area contributed by atoms with Crippen molar-refractivity contribution in [2.24, 2.45) is 0 Å². The van der Waals surface area contributed by atoms with Crippen LogP contribution in [-0.2, 0) is 0 Å². The molecule has 2 aromatic carbocycles. The van der Waals surface area contributed by atoms with Gasteiger partial charge >= 0.3 is 0 Å². The fourth-order valence-corrected chi connectivity index (χ4v) is 3.93. The van der Waals surface area contributed by atoms with E-state index in [-0.39, 0.29) is 6.61 Å². The smallest absolute Gasteiger partial charge is 0.210 e. The zero-order chi connectivity index (χ0) is 18.4. The van der Waals surface area contributed by atoms with Gasteiger partial charge in [-0.2, -0.15) is 0 Å². The summed E-state index contributed by atoms with van der Waals surface area (Å²) in [6.07, 6.45) is -0.575. The number of benzene rings is 2. The minimum absolute atomic E-state index is 0.255. The van der Waals surface area contributed by atoms with Crippen LogP contribution in [0.5, 0.6) is 5.75 Å². The fourth-order valence-electron chi connectivity index (χ4n) is 2.23. The highest BCUT2D eigenvalue weighted by Gasteiger charge is 2.11. The van der Waals surface area contributed by atoms with Crippen LogP contribution in [0.25, 0.3) is 0 Å². The van der Waals surface area contributed by atoms with Crippen molar-refractivity contribution in [1.82, 2.24) is 10.2 Å². The maximum atomic E-state index is 10.2. The fraction of sp³-hybridized carbons (Fsp3) is 0.263. The maximum absolute atomic E-state index is 10.2. The van der Waals surface area contributed by atoms with Crippen LogP contribution < -0.4 is 10.1 Å². The monoisotopic (exact) mass is 387 g/mol. The first-order chi connectivity index (χ1) is 12.6. The van der Waals surface area contributed by atoms with E-state index < -0.39 is 6.10 Å². The zero-order valence-corrected chi connectivity index (χ0v) is 16.3. The van der Waals surface area contributed by atoms with E-state index in [2.05, 4.69) is 15.5 Å². The van der Waals surface area contributed by atoms with E-state index in [0.29, 0.717) is 5.75 Å². The minimum Gasteiger partial charge on any atom is -0.491 e. The van der Waals surface area contributed by atoms with Crippen molar-refractivity contribution in [2.45, 2.75) is 24.3 Å². The molecule has 0 spiro atoms. The summed E-state index contributed by atoms with van der Waals surface area (Å²) in [6.45, 7) is 4.28. The lowest BCUT2D eigenvalue weighted by molar-refractivity contribution is 0.126. The Morgan fingerprint density at radius 3 is 2.77 bits per heavy atom. The van der Waals surface area contributed by atoms with Crippen LogP contribution in [0.1, 0.15) is 11.1 Å². The van der Waals surface area contributed by atoms with Gasteiger partial charge in [-0.1, -0.05) is 53.4 Å². The summed E-state index contributed by atoms with van der Waals surface area (Å²) in [5.74, 6) is 1.32. The van der Waals surface area contributed by atoms with Crippen LogP contribution in [-0.4, -0.2) is 33.8 Å². The molecule has 0 amide bonds. The van der Waals surface area contributed by atoms with E-state index in [4.69, 9.17) is 4.74 Å². The molecule has 1 heterocycles. The second-order valence-electron chi connectivity index (χ2n) is 5.91. The van der Waals surface area contributed by atoms with Crippen molar-refractivity contribution in [3.05, 3.63) is 59.7 Å². The Hall–Kier alpha value is -2.09. The summed E-state index contributed by atoms with van der Waals surface area (Å²) in [5, 5.41) is 22.4. The van der Waals surface area contributed by atoms with Crippen molar-refractivity contribution >= 4 is 33.9 Å². The number of anilines is 2. The molecule has 1 aromatic heterocycles. The van der Waals surface area contributed by atoms with Crippen LogP contribution in [0, 0.1) is 13.8 Å². The van der Waals surface area contributed by atoms with E-state index in [0.717, 1.165) is 32.0 Å². The molecule has 0 saturated carbocycles. The van der Waals surface area contributed by atoms with Gasteiger partial charge in [-0.15, -0.1) is 10.2 Å². The average molecular weight is 388 g/mol. The molecule has 2 N–H and O–H groups in total. The second kappa shape index (κ2) is 9.02. The molecular formula is C19H21N3O2S2. The Morgan fingerprint density at radius 1 is 1.15 bits per heavy atom. The van der Waals surface area contributed by atoms with Crippen molar-refractivity contribution in [3.63, 3.8) is 0 Å². The lowest BCUT2D eigenvalue weighted by Gasteiger charge is -2.13. The molecule has 136 valence electrons. The Morgan fingerprint density at radius 2 is 1.96 bits per heavy atom. The predicted molar refractivity (Wildman–Crippen MR) is 108 cm³/mol. The summed E-state index contributed by atoms with van der Waals surface area (Å²) in [6, 6.07) is 15.9. The highest BCUT2D eigenvalue weighted by Crippen LogP contribution is 2.28. The number of hydrogen-bond acceptors (Lipinski definition) is 7. The van der Waals surface area contributed by atoms with Gasteiger partial charge in [0.1, 0.15) is 12.4 Å². The van der Waals surface area contributed by atoms with Crippen LogP contribution in [0.15, 0.2) is 52.9 Å². The molecule has 5 nitrogen and oxygen atoms in total. The van der Waals surface area contributed by atoms with Crippen LogP contribution in [0.4, 0.5) is 10.8 Å². The predicted octanol–water partition coefficient (Wildman–Crippen LogP) is 4.43. The van der Waals surface area contributed by atoms with Gasteiger partial charge in [0.2, 0.25) is 5.13 Å². The number of nitrogens with zero attached hydrogens (tertiary/aromatic N) is 2. The summed E-state index contributed by atoms with van der Waals surface area (Å²) in [4.78, 5) is 0. The van der Waals surface area contributed by atoms with Crippen molar-refractivity contribution < 1.29 is 9.84 Å². The number of aryl methyl sites for hydroxylation is 2. The number of aromatic nitrogens is 2. The molecule has 0 radical (unpaired) electrons. The topological polar surface area (TPSA) is 67.3 Å². The third-order valence-corrected chi connectivity index (χ3v) is 5.72. The van der Waals surface area contributed by atoms with Crippen molar-refractivity contribution in [3.8, 4) is 5.75 Å². The molecule has 0 bridgehead atoms. The first kappa shape index (κ1) is 18.7. The standard InChI is InChI=1S/C19H21N3O2S2/c1-13-8-9-14(2)17(10-13)24-11-16(23)12-25-19-22-21-18(26-19)20-15-6-4-3-5-7-15/h3-10,16,23H,11-12H2,1-2H3,(H,20,21). The minimum atomic E-state index is -0.575. The first-order valence-corrected chi connectivity index (χ1v) is 10.1. The summed E-state index contributed by atoms with van der Waals surface area (Å²) in [7, 11) is 0. The number of hydrogen-bond donors (Lipinski definition) is 2. The number of thioether (sulfide) groups is 1. The van der Waals surface area contributed by atoms with E-state index in [1.165, 1.54) is 23.1 Å². The summed E-state index contributed by atoms with van der Waals surface area (Å²) < 4.78 is 6.56. The third-order valence-electron chi connectivity index (χ3n) is 3.61. The molecular weight excluding hydrogens is 366 g/mol. The van der Waals surface area contributed by atoms with Crippen LogP contribution >= 0.6 is 23.1 Å². The quantitative estimate of drug-likeness (QED) is 0.557. The molecule has 0 aliphatic heterocycles. The van der Waals surface area contributed by atoms with Gasteiger partial charge in [-0.25, -0.2) is 0 Å². The molecule has 3 rings (SSSR count). The normalized spacial score (nSPS) is 12.0. The van der Waals surface area contributed by atoms with Gasteiger partial charge in [0.25, 0.3) is 0 Å². The molecule has 3 aromatic rings. The highest BCUT2D eigenvalue weighted by molar-refractivity contribution is 8.01. The number of ether oxygens (including phenoxy) is 1. The van der Waals surface area contributed by atoms with Crippen molar-refractivity contribution in [1.29, 1.82) is 0 Å². The SMILES string of the molecule is Cc1ccc(C)c(OCC(O)CSc2nnc(Nc3ccccc3)s2)c1. The highest BCUT2D eigenvalue weighted by atomic mass is 32.2. The molecule has 0 aliphatic rings. The Balaban J connectivity index is 1.46. The lowest BCUT2D eigenvalue weighted by atomic mass is 10.1. The van der Waals surface area contributed by atoms with Crippen LogP contribution in [0.2, 0.25) is 0 Å². The summed E-state index contributed by atoms with van der Waals surface area (Å²) in [5.41, 5.74) is 3.18. The molecule has 7 heteroatoms. The third kappa shape index (κ3) is 5.45. The van der Waals surface area contributed by atoms with Gasteiger partial charge < -0.3 is 15.2 Å². The number of para-hydroxylation sites is 1. The number of nitrogens with one attached hydrogen (secondary N) is 1. The number of aliphatic hydroxyl groups excluding tert-OH is 1. The van der Waals surface area contributed by atoms with Gasteiger partial charge in [0.05, 0.1) is 6.10 Å². The van der Waals surface area contributed by atoms with Gasteiger partial charge in [0, 0.05) is 11.4 Å². The van der Waals surface area contributed by atoms with Gasteiger partial charge in [-0.3, -0.25) is 0 Å². The van der Waals surface area contributed by atoms with E-state index in [1.54, 1.807) is 0 Å². The molecule has 26 heavy (non-hydrogen) atoms. The molecule has 0 fully saturated rings. The molecule has 0 aliphatic carbocycles. The molecule has 1 atom stereocenters. The maximum Gasteiger partial charge on any atom is 0.210 e. The lowest BCUT2D eigenvalue weighted by Crippen LogP contribution is -2.20. The van der Waals surface area contributed by atoms with Gasteiger partial charge in [0.15, 0.2) is 4.34 Å². The second-order valence-corrected chi connectivity index (χ2v) is 8.15. The van der Waals surface area contributed by atoms with E-state index >= 15 is 0 Å². The molecule has 0 saturated heterocycles. The molecule has 1 unspecified atom stereocenters. The number of aliphatic hydroxyl groups is 1. The summed E-state index contributed by atoms with van der Waals surface area (Å²) >= 11 is 2.94. The van der Waals surface area contributed by atoms with Crippen LogP contribution in [0.3, 0.4) is 0 Å². The largest absolute Gasteiger partial charge is 0.491 e. The Kier molecular flexibility index (Phi) is 6.49. The van der Waals surface area contributed by atoms with E-state index in [9.17, 15) is 5.11 Å². The zero-order valence-electron chi connectivity index (χ0n) is 14.7. The Bertz CT molecular complexity index is 840. The first-order valence-electron chi connectivity index (χ1n) is 8.26. The van der Waals surface area contributed by atoms with Gasteiger partial charge in [-0.05, 0) is 43.2 Å².